The van der Waals surface area contributed by atoms with Crippen LogP contribution in [-0.4, -0.2) is 37.4 Å². The third-order valence-corrected chi connectivity index (χ3v) is 3.30. The SMILES string of the molecule is COC(=O)C1=C(C(=O)OC)CC(O)C(CCC=C(C)C)=C1. The van der Waals surface area contributed by atoms with Gasteiger partial charge in [-0.3, -0.25) is 0 Å². The van der Waals surface area contributed by atoms with E-state index in [2.05, 4.69) is 10.8 Å². The fourth-order valence-electron chi connectivity index (χ4n) is 2.18. The molecule has 0 saturated carbocycles. The zero-order chi connectivity index (χ0) is 16.0. The largest absolute Gasteiger partial charge is 0.466 e. The second-order valence-electron chi connectivity index (χ2n) is 5.13. The lowest BCUT2D eigenvalue weighted by molar-refractivity contribution is -0.139. The van der Waals surface area contributed by atoms with E-state index in [-0.39, 0.29) is 17.6 Å². The number of ether oxygens (including phenoxy) is 2. The van der Waals surface area contributed by atoms with E-state index in [1.807, 2.05) is 13.8 Å². The zero-order valence-corrected chi connectivity index (χ0v) is 12.9. The van der Waals surface area contributed by atoms with Gasteiger partial charge < -0.3 is 14.6 Å². The summed E-state index contributed by atoms with van der Waals surface area (Å²) in [6, 6.07) is 0. The summed E-state index contributed by atoms with van der Waals surface area (Å²) in [7, 11) is 2.50. The van der Waals surface area contributed by atoms with Crippen LogP contribution in [0.5, 0.6) is 0 Å². The van der Waals surface area contributed by atoms with Crippen molar-refractivity contribution in [1.82, 2.24) is 0 Å². The summed E-state index contributed by atoms with van der Waals surface area (Å²) in [5, 5.41) is 10.1. The minimum Gasteiger partial charge on any atom is -0.466 e. The monoisotopic (exact) mass is 294 g/mol. The van der Waals surface area contributed by atoms with E-state index in [1.165, 1.54) is 19.8 Å². The highest BCUT2D eigenvalue weighted by Crippen LogP contribution is 2.29. The molecule has 1 unspecified atom stereocenters. The summed E-state index contributed by atoms with van der Waals surface area (Å²) in [5.41, 5.74) is 2.24. The topological polar surface area (TPSA) is 72.8 Å². The summed E-state index contributed by atoms with van der Waals surface area (Å²) in [5.74, 6) is -1.21. The van der Waals surface area contributed by atoms with E-state index in [0.29, 0.717) is 6.42 Å². The lowest BCUT2D eigenvalue weighted by atomic mass is 9.87. The van der Waals surface area contributed by atoms with Crippen LogP contribution in [0.4, 0.5) is 0 Å². The molecule has 0 aliphatic heterocycles. The smallest absolute Gasteiger partial charge is 0.338 e. The molecule has 5 nitrogen and oxygen atoms in total. The maximum atomic E-state index is 11.8. The van der Waals surface area contributed by atoms with Gasteiger partial charge in [0.1, 0.15) is 0 Å². The van der Waals surface area contributed by atoms with Crippen molar-refractivity contribution < 1.29 is 24.2 Å². The van der Waals surface area contributed by atoms with E-state index in [1.54, 1.807) is 6.08 Å². The Morgan fingerprint density at radius 2 is 1.90 bits per heavy atom. The van der Waals surface area contributed by atoms with E-state index in [9.17, 15) is 14.7 Å². The van der Waals surface area contributed by atoms with Crippen LogP contribution >= 0.6 is 0 Å². The van der Waals surface area contributed by atoms with Crippen LogP contribution in [0.1, 0.15) is 33.1 Å². The maximum absolute atomic E-state index is 11.8. The molecule has 1 N–H and O–H groups in total. The van der Waals surface area contributed by atoms with Gasteiger partial charge in [0.2, 0.25) is 0 Å². The molecule has 0 heterocycles. The summed E-state index contributed by atoms with van der Waals surface area (Å²) >= 11 is 0. The predicted molar refractivity (Wildman–Crippen MR) is 78.4 cm³/mol. The molecule has 1 aliphatic rings. The Morgan fingerprint density at radius 3 is 2.43 bits per heavy atom. The van der Waals surface area contributed by atoms with Crippen molar-refractivity contribution in [3.8, 4) is 0 Å². The number of allylic oxidation sites excluding steroid dienone is 2. The van der Waals surface area contributed by atoms with Gasteiger partial charge in [-0.05, 0) is 38.3 Å². The normalized spacial score (nSPS) is 18.0. The highest BCUT2D eigenvalue weighted by Gasteiger charge is 2.29. The number of rotatable bonds is 5. The summed E-state index contributed by atoms with van der Waals surface area (Å²) < 4.78 is 9.35. The van der Waals surface area contributed by atoms with Crippen LogP contribution < -0.4 is 0 Å². The first-order chi connectivity index (χ1) is 9.90. The Hall–Kier alpha value is -1.88. The van der Waals surface area contributed by atoms with E-state index < -0.39 is 18.0 Å². The summed E-state index contributed by atoms with van der Waals surface area (Å²) in [4.78, 5) is 23.5. The van der Waals surface area contributed by atoms with Crippen molar-refractivity contribution in [3.63, 3.8) is 0 Å². The van der Waals surface area contributed by atoms with E-state index in [0.717, 1.165) is 12.0 Å². The van der Waals surface area contributed by atoms with E-state index in [4.69, 9.17) is 4.74 Å². The van der Waals surface area contributed by atoms with Crippen molar-refractivity contribution in [3.05, 3.63) is 34.4 Å². The van der Waals surface area contributed by atoms with Gasteiger partial charge in [0.05, 0.1) is 31.5 Å². The Labute approximate surface area is 124 Å². The minimum atomic E-state index is -0.780. The van der Waals surface area contributed by atoms with Crippen LogP contribution in [0.2, 0.25) is 0 Å². The molecule has 0 aromatic rings. The Balaban J connectivity index is 3.08. The molecule has 1 aliphatic carbocycles. The molecule has 0 radical (unpaired) electrons. The van der Waals surface area contributed by atoms with Crippen molar-refractivity contribution in [2.24, 2.45) is 0 Å². The molecular weight excluding hydrogens is 272 g/mol. The molecular formula is C16H22O5. The van der Waals surface area contributed by atoms with Gasteiger partial charge in [0.25, 0.3) is 0 Å². The van der Waals surface area contributed by atoms with Gasteiger partial charge in [-0.1, -0.05) is 11.6 Å². The molecule has 0 fully saturated rings. The molecule has 116 valence electrons. The number of hydrogen-bond acceptors (Lipinski definition) is 5. The minimum absolute atomic E-state index is 0.0672. The molecule has 0 saturated heterocycles. The quantitative estimate of drug-likeness (QED) is 0.620. The molecule has 0 bridgehead atoms. The van der Waals surface area contributed by atoms with Crippen molar-refractivity contribution in [1.29, 1.82) is 0 Å². The second kappa shape index (κ2) is 7.78. The number of carbonyl (C=O) groups excluding carboxylic acids is 2. The van der Waals surface area contributed by atoms with Gasteiger partial charge in [0.15, 0.2) is 0 Å². The van der Waals surface area contributed by atoms with Gasteiger partial charge in [-0.15, -0.1) is 0 Å². The highest BCUT2D eigenvalue weighted by molar-refractivity contribution is 6.03. The molecule has 0 aromatic carbocycles. The maximum Gasteiger partial charge on any atom is 0.338 e. The predicted octanol–water partition coefficient (Wildman–Crippen LogP) is 2.07. The number of methoxy groups -OCH3 is 2. The standard InChI is InChI=1S/C16H22O5/c1-10(2)6-5-7-11-8-12(15(18)20-3)13(9-14(11)17)16(19)21-4/h6,8,14,17H,5,7,9H2,1-4H3. The van der Waals surface area contributed by atoms with Crippen LogP contribution in [0.15, 0.2) is 34.4 Å². The molecule has 1 rings (SSSR count). The first-order valence-electron chi connectivity index (χ1n) is 6.82. The third-order valence-electron chi connectivity index (χ3n) is 3.30. The zero-order valence-electron chi connectivity index (χ0n) is 12.9. The summed E-state index contributed by atoms with van der Waals surface area (Å²) in [6.07, 6.45) is 4.29. The van der Waals surface area contributed by atoms with Crippen LogP contribution in [0.3, 0.4) is 0 Å². The van der Waals surface area contributed by atoms with E-state index >= 15 is 0 Å². The second-order valence-corrected chi connectivity index (χ2v) is 5.13. The van der Waals surface area contributed by atoms with Crippen molar-refractivity contribution in [2.75, 3.05) is 14.2 Å². The van der Waals surface area contributed by atoms with Crippen LogP contribution in [0.25, 0.3) is 0 Å². The average Bonchev–Trinajstić information content (AvgIpc) is 2.46. The van der Waals surface area contributed by atoms with Crippen LogP contribution in [-0.2, 0) is 19.1 Å². The Bertz CT molecular complexity index is 507. The first-order valence-corrected chi connectivity index (χ1v) is 6.82. The number of hydrogen-bond donors (Lipinski definition) is 1. The molecule has 0 amide bonds. The third kappa shape index (κ3) is 4.56. The van der Waals surface area contributed by atoms with Crippen molar-refractivity contribution >= 4 is 11.9 Å². The van der Waals surface area contributed by atoms with Gasteiger partial charge in [-0.25, -0.2) is 9.59 Å². The van der Waals surface area contributed by atoms with Crippen molar-refractivity contribution in [2.45, 2.75) is 39.2 Å². The lowest BCUT2D eigenvalue weighted by Gasteiger charge is -2.22. The molecule has 0 aromatic heterocycles. The number of aliphatic hydroxyl groups is 1. The first kappa shape index (κ1) is 17.2. The molecule has 21 heavy (non-hydrogen) atoms. The molecule has 5 heteroatoms. The number of esters is 2. The number of aliphatic hydroxyl groups excluding tert-OH is 1. The van der Waals surface area contributed by atoms with Gasteiger partial charge >= 0.3 is 11.9 Å². The Morgan fingerprint density at radius 1 is 1.29 bits per heavy atom. The summed E-state index contributed by atoms with van der Waals surface area (Å²) in [6.45, 7) is 4.00. The van der Waals surface area contributed by atoms with Crippen LogP contribution in [0, 0.1) is 0 Å². The fourth-order valence-corrected chi connectivity index (χ4v) is 2.18. The highest BCUT2D eigenvalue weighted by atomic mass is 16.5. The number of carbonyl (C=O) groups is 2. The average molecular weight is 294 g/mol. The van der Waals surface area contributed by atoms with Gasteiger partial charge in [-0.2, -0.15) is 0 Å². The lowest BCUT2D eigenvalue weighted by Crippen LogP contribution is -2.24. The molecule has 1 atom stereocenters. The Kier molecular flexibility index (Phi) is 6.37. The fraction of sp³-hybridized carbons (Fsp3) is 0.500. The molecule has 0 spiro atoms. The van der Waals surface area contributed by atoms with Gasteiger partial charge in [0, 0.05) is 6.42 Å².